The number of nitrogens with zero attached hydrogens (tertiary/aromatic N) is 2. The van der Waals surface area contributed by atoms with Gasteiger partial charge in [0.2, 0.25) is 0 Å². The van der Waals surface area contributed by atoms with Crippen molar-refractivity contribution in [1.29, 1.82) is 0 Å². The van der Waals surface area contributed by atoms with Crippen LogP contribution >= 0.6 is 23.4 Å². The summed E-state index contributed by atoms with van der Waals surface area (Å²) in [5, 5.41) is 5.13. The number of halogens is 1. The highest BCUT2D eigenvalue weighted by Crippen LogP contribution is 2.38. The third-order valence-electron chi connectivity index (χ3n) is 2.98. The fraction of sp³-hybridized carbons (Fsp3) is 0.357. The van der Waals surface area contributed by atoms with Gasteiger partial charge in [0, 0.05) is 34.5 Å². The van der Waals surface area contributed by atoms with Gasteiger partial charge < -0.3 is 5.73 Å². The Labute approximate surface area is 123 Å². The van der Waals surface area contributed by atoms with Gasteiger partial charge in [0.1, 0.15) is 0 Å². The first-order valence-corrected chi connectivity index (χ1v) is 7.52. The molecule has 0 spiro atoms. The van der Waals surface area contributed by atoms with Gasteiger partial charge in [-0.2, -0.15) is 5.10 Å². The molecule has 1 aromatic heterocycles. The van der Waals surface area contributed by atoms with E-state index in [4.69, 9.17) is 17.3 Å². The number of aromatic nitrogens is 2. The Morgan fingerprint density at radius 3 is 2.84 bits per heavy atom. The van der Waals surface area contributed by atoms with Crippen LogP contribution in [-0.2, 0) is 7.05 Å². The molecule has 2 atom stereocenters. The molecule has 0 saturated carbocycles. The molecule has 3 nitrogen and oxygen atoms in total. The lowest BCUT2D eigenvalue weighted by Gasteiger charge is -2.22. The topological polar surface area (TPSA) is 43.8 Å². The van der Waals surface area contributed by atoms with Crippen molar-refractivity contribution in [1.82, 2.24) is 9.78 Å². The molecule has 0 aliphatic heterocycles. The fourth-order valence-electron chi connectivity index (χ4n) is 1.91. The molecule has 2 rings (SSSR count). The zero-order valence-electron chi connectivity index (χ0n) is 11.1. The number of benzene rings is 1. The van der Waals surface area contributed by atoms with Crippen molar-refractivity contribution in [3.05, 3.63) is 47.2 Å². The van der Waals surface area contributed by atoms with Crippen LogP contribution in [0.1, 0.15) is 24.2 Å². The molecule has 0 saturated heterocycles. The molecule has 0 radical (unpaired) electrons. The van der Waals surface area contributed by atoms with Crippen LogP contribution in [0.15, 0.2) is 41.6 Å². The maximum Gasteiger partial charge on any atom is 0.0626 e. The molecular weight excluding hydrogens is 278 g/mol. The molecule has 0 amide bonds. The summed E-state index contributed by atoms with van der Waals surface area (Å²) in [6.07, 6.45) is 4.79. The number of hydrogen-bond donors (Lipinski definition) is 1. The Bertz CT molecular complexity index is 541. The fourth-order valence-corrected chi connectivity index (χ4v) is 3.37. The van der Waals surface area contributed by atoms with Crippen molar-refractivity contribution in [2.75, 3.05) is 0 Å². The highest BCUT2D eigenvalue weighted by atomic mass is 35.5. The smallest absolute Gasteiger partial charge is 0.0626 e. The SMILES string of the molecule is CCC(N)C(Sc1cnn(C)c1)c1cccc(Cl)c1. The van der Waals surface area contributed by atoms with Crippen LogP contribution in [0.3, 0.4) is 0 Å². The molecule has 2 N–H and O–H groups in total. The third-order valence-corrected chi connectivity index (χ3v) is 4.58. The van der Waals surface area contributed by atoms with Crippen LogP contribution in [0.4, 0.5) is 0 Å². The minimum atomic E-state index is 0.0867. The summed E-state index contributed by atoms with van der Waals surface area (Å²) in [7, 11) is 1.91. The number of thioether (sulfide) groups is 1. The van der Waals surface area contributed by atoms with E-state index in [0.717, 1.165) is 21.9 Å². The van der Waals surface area contributed by atoms with E-state index in [2.05, 4.69) is 18.1 Å². The Morgan fingerprint density at radius 2 is 2.26 bits per heavy atom. The molecule has 0 bridgehead atoms. The van der Waals surface area contributed by atoms with Gasteiger partial charge in [0.25, 0.3) is 0 Å². The molecule has 0 aliphatic rings. The average molecular weight is 296 g/mol. The average Bonchev–Trinajstić information content (AvgIpc) is 2.80. The number of aryl methyl sites for hydroxylation is 1. The van der Waals surface area contributed by atoms with Crippen LogP contribution in [-0.4, -0.2) is 15.8 Å². The van der Waals surface area contributed by atoms with Gasteiger partial charge in [-0.05, 0) is 24.1 Å². The second-order valence-corrected chi connectivity index (χ2v) is 6.17. The van der Waals surface area contributed by atoms with Gasteiger partial charge in [-0.25, -0.2) is 0 Å². The molecule has 1 aromatic carbocycles. The standard InChI is InChI=1S/C14H18ClN3S/c1-3-13(16)14(10-5-4-6-11(15)7-10)19-12-8-17-18(2)9-12/h4-9,13-14H,3,16H2,1-2H3. The molecule has 5 heteroatoms. The summed E-state index contributed by atoms with van der Waals surface area (Å²) in [5.74, 6) is 0. The van der Waals surface area contributed by atoms with Crippen molar-refractivity contribution in [2.45, 2.75) is 29.5 Å². The highest BCUT2D eigenvalue weighted by molar-refractivity contribution is 7.99. The van der Waals surface area contributed by atoms with Crippen LogP contribution in [0.5, 0.6) is 0 Å². The predicted octanol–water partition coefficient (Wildman–Crippen LogP) is 3.64. The van der Waals surface area contributed by atoms with Crippen molar-refractivity contribution >= 4 is 23.4 Å². The van der Waals surface area contributed by atoms with Crippen LogP contribution in [0.2, 0.25) is 5.02 Å². The minimum absolute atomic E-state index is 0.0867. The van der Waals surface area contributed by atoms with Gasteiger partial charge in [0.05, 0.1) is 6.20 Å². The van der Waals surface area contributed by atoms with Crippen molar-refractivity contribution in [3.63, 3.8) is 0 Å². The molecule has 2 aromatic rings. The van der Waals surface area contributed by atoms with E-state index >= 15 is 0 Å². The van der Waals surface area contributed by atoms with E-state index in [1.54, 1.807) is 16.4 Å². The normalized spacial score (nSPS) is 14.3. The van der Waals surface area contributed by atoms with E-state index in [0.29, 0.717) is 0 Å². The summed E-state index contributed by atoms with van der Waals surface area (Å²) < 4.78 is 1.80. The van der Waals surface area contributed by atoms with Crippen molar-refractivity contribution < 1.29 is 0 Å². The monoisotopic (exact) mass is 295 g/mol. The lowest BCUT2D eigenvalue weighted by molar-refractivity contribution is 0.634. The Hall–Kier alpha value is -0.970. The van der Waals surface area contributed by atoms with E-state index in [1.165, 1.54) is 0 Å². The van der Waals surface area contributed by atoms with Gasteiger partial charge in [-0.3, -0.25) is 4.68 Å². The number of hydrogen-bond acceptors (Lipinski definition) is 3. The van der Waals surface area contributed by atoms with E-state index in [9.17, 15) is 0 Å². The first-order valence-electron chi connectivity index (χ1n) is 6.26. The van der Waals surface area contributed by atoms with Crippen molar-refractivity contribution in [3.8, 4) is 0 Å². The zero-order chi connectivity index (χ0) is 13.8. The second kappa shape index (κ2) is 6.46. The van der Waals surface area contributed by atoms with Crippen molar-refractivity contribution in [2.24, 2.45) is 12.8 Å². The molecule has 0 fully saturated rings. The maximum atomic E-state index is 6.26. The third kappa shape index (κ3) is 3.75. The molecule has 102 valence electrons. The summed E-state index contributed by atoms with van der Waals surface area (Å²) in [4.78, 5) is 1.12. The van der Waals surface area contributed by atoms with E-state index in [-0.39, 0.29) is 11.3 Å². The van der Waals surface area contributed by atoms with Gasteiger partial charge in [0.15, 0.2) is 0 Å². The van der Waals surface area contributed by atoms with Gasteiger partial charge >= 0.3 is 0 Å². The minimum Gasteiger partial charge on any atom is -0.326 e. The summed E-state index contributed by atoms with van der Waals surface area (Å²) in [6.45, 7) is 2.10. The molecule has 19 heavy (non-hydrogen) atoms. The molecule has 0 aliphatic carbocycles. The highest BCUT2D eigenvalue weighted by Gasteiger charge is 2.20. The molecule has 1 heterocycles. The summed E-state index contributed by atoms with van der Waals surface area (Å²) >= 11 is 7.81. The molecule has 2 unspecified atom stereocenters. The quantitative estimate of drug-likeness (QED) is 0.857. The Morgan fingerprint density at radius 1 is 1.47 bits per heavy atom. The largest absolute Gasteiger partial charge is 0.326 e. The zero-order valence-corrected chi connectivity index (χ0v) is 12.7. The predicted molar refractivity (Wildman–Crippen MR) is 81.5 cm³/mol. The summed E-state index contributed by atoms with van der Waals surface area (Å²) in [6, 6.07) is 8.01. The lowest BCUT2D eigenvalue weighted by Crippen LogP contribution is -2.25. The van der Waals surface area contributed by atoms with E-state index < -0.39 is 0 Å². The number of rotatable bonds is 5. The maximum absolute atomic E-state index is 6.26. The number of nitrogens with two attached hydrogens (primary N) is 1. The lowest BCUT2D eigenvalue weighted by atomic mass is 10.0. The Balaban J connectivity index is 2.25. The van der Waals surface area contributed by atoms with Crippen LogP contribution in [0, 0.1) is 0 Å². The van der Waals surface area contributed by atoms with Gasteiger partial charge in [-0.1, -0.05) is 30.7 Å². The summed E-state index contributed by atoms with van der Waals surface area (Å²) in [5.41, 5.74) is 7.43. The van der Waals surface area contributed by atoms with Crippen LogP contribution < -0.4 is 5.73 Å². The van der Waals surface area contributed by atoms with Crippen LogP contribution in [0.25, 0.3) is 0 Å². The second-order valence-electron chi connectivity index (χ2n) is 4.52. The first kappa shape index (κ1) is 14.4. The van der Waals surface area contributed by atoms with E-state index in [1.807, 2.05) is 37.6 Å². The first-order chi connectivity index (χ1) is 9.10. The molecular formula is C14H18ClN3S. The van der Waals surface area contributed by atoms with Gasteiger partial charge in [-0.15, -0.1) is 11.8 Å². The Kier molecular flexibility index (Phi) is 4.91.